The maximum Gasteiger partial charge on any atom is 0.295 e. The summed E-state index contributed by atoms with van der Waals surface area (Å²) in [4.78, 5) is 28.2. The minimum atomic E-state index is -0.791. The molecular weight excluding hydrogens is 466 g/mol. The first-order valence-corrected chi connectivity index (χ1v) is 12.5. The molecule has 1 saturated heterocycles. The Bertz CT molecular complexity index is 1190. The summed E-state index contributed by atoms with van der Waals surface area (Å²) in [6, 6.07) is 9.08. The largest absolute Gasteiger partial charge is 0.507 e. The summed E-state index contributed by atoms with van der Waals surface area (Å²) in [5.41, 5.74) is 1.66. The Kier molecular flexibility index (Phi) is 6.87. The molecule has 0 spiro atoms. The number of ether oxygens (including phenoxy) is 1. The first-order chi connectivity index (χ1) is 16.5. The Morgan fingerprint density at radius 3 is 2.40 bits per heavy atom. The number of hydrogen-bond donors (Lipinski definition) is 2. The maximum absolute atomic E-state index is 13.4. The summed E-state index contributed by atoms with van der Waals surface area (Å²) in [5, 5.41) is 21.6. The summed E-state index contributed by atoms with van der Waals surface area (Å²) in [5.74, 6) is -0.935. The lowest BCUT2D eigenvalue weighted by atomic mass is 9.84. The molecule has 1 heterocycles. The van der Waals surface area contributed by atoms with Gasteiger partial charge in [0.05, 0.1) is 23.2 Å². The molecule has 1 saturated carbocycles. The van der Waals surface area contributed by atoms with Crippen LogP contribution in [-0.4, -0.2) is 39.5 Å². The van der Waals surface area contributed by atoms with Gasteiger partial charge < -0.3 is 19.8 Å². The highest BCUT2D eigenvalue weighted by molar-refractivity contribution is 6.46. The summed E-state index contributed by atoms with van der Waals surface area (Å²) < 4.78 is 5.80. The number of amides is 1. The molecule has 2 aliphatic rings. The zero-order valence-corrected chi connectivity index (χ0v) is 21.4. The molecule has 0 radical (unpaired) electrons. The Hall–Kier alpha value is -2.99. The van der Waals surface area contributed by atoms with Crippen molar-refractivity contribution in [2.24, 2.45) is 0 Å². The molecule has 2 N–H and O–H groups in total. The van der Waals surface area contributed by atoms with Gasteiger partial charge in [0.1, 0.15) is 17.3 Å². The maximum atomic E-state index is 13.4. The van der Waals surface area contributed by atoms with Gasteiger partial charge in [0.15, 0.2) is 0 Å². The Balaban J connectivity index is 1.91. The Morgan fingerprint density at radius 2 is 1.80 bits per heavy atom. The van der Waals surface area contributed by atoms with Crippen molar-refractivity contribution in [1.82, 2.24) is 4.90 Å². The number of aromatic hydroxyl groups is 1. The van der Waals surface area contributed by atoms with Crippen molar-refractivity contribution in [3.63, 3.8) is 0 Å². The molecule has 35 heavy (non-hydrogen) atoms. The molecule has 1 amide bonds. The number of carbonyl (C=O) groups excluding carboxylic acids is 2. The van der Waals surface area contributed by atoms with E-state index in [2.05, 4.69) is 0 Å². The second-order valence-electron chi connectivity index (χ2n) is 10.2. The van der Waals surface area contributed by atoms with Crippen LogP contribution in [-0.2, 0) is 15.0 Å². The highest BCUT2D eigenvalue weighted by atomic mass is 35.5. The van der Waals surface area contributed by atoms with Crippen LogP contribution in [0, 0.1) is 0 Å². The van der Waals surface area contributed by atoms with E-state index in [1.54, 1.807) is 29.2 Å². The SMILES string of the molecule is CCOc1ccc(/C(O)=C2/C(=O)C(=O)N(C3CCCC3)C2c2ccc(O)c(Cl)c2)cc1C(C)(C)C. The third kappa shape index (κ3) is 4.64. The van der Waals surface area contributed by atoms with Gasteiger partial charge in [-0.15, -0.1) is 0 Å². The lowest BCUT2D eigenvalue weighted by Gasteiger charge is -2.31. The first-order valence-electron chi connectivity index (χ1n) is 12.1. The number of ketones is 1. The number of carbonyl (C=O) groups is 2. The lowest BCUT2D eigenvalue weighted by molar-refractivity contribution is -0.141. The number of benzene rings is 2. The van der Waals surface area contributed by atoms with E-state index in [4.69, 9.17) is 16.3 Å². The number of nitrogens with zero attached hydrogens (tertiary/aromatic N) is 1. The molecular formula is C28H32ClNO5. The van der Waals surface area contributed by atoms with Crippen LogP contribution >= 0.6 is 11.6 Å². The van der Waals surface area contributed by atoms with E-state index in [0.717, 1.165) is 31.2 Å². The fraction of sp³-hybridized carbons (Fsp3) is 0.429. The number of Topliss-reactive ketones (excluding diaryl/α,β-unsaturated/α-hetero) is 1. The molecule has 2 fully saturated rings. The van der Waals surface area contributed by atoms with E-state index in [1.165, 1.54) is 6.07 Å². The average Bonchev–Trinajstić information content (AvgIpc) is 3.42. The number of phenolic OH excluding ortho intramolecular Hbond substituents is 1. The molecule has 186 valence electrons. The predicted molar refractivity (Wildman–Crippen MR) is 136 cm³/mol. The van der Waals surface area contributed by atoms with E-state index < -0.39 is 17.7 Å². The van der Waals surface area contributed by atoms with Gasteiger partial charge in [-0.3, -0.25) is 9.59 Å². The van der Waals surface area contributed by atoms with Crippen molar-refractivity contribution >= 4 is 29.1 Å². The average molecular weight is 498 g/mol. The Morgan fingerprint density at radius 1 is 1.11 bits per heavy atom. The van der Waals surface area contributed by atoms with E-state index >= 15 is 0 Å². The van der Waals surface area contributed by atoms with Crippen LogP contribution < -0.4 is 4.74 Å². The van der Waals surface area contributed by atoms with Crippen molar-refractivity contribution in [3.05, 3.63) is 63.7 Å². The van der Waals surface area contributed by atoms with E-state index in [0.29, 0.717) is 23.5 Å². The number of aliphatic hydroxyl groups excluding tert-OH is 1. The van der Waals surface area contributed by atoms with Crippen LogP contribution in [0.5, 0.6) is 11.5 Å². The van der Waals surface area contributed by atoms with Gasteiger partial charge in [-0.25, -0.2) is 0 Å². The van der Waals surface area contributed by atoms with E-state index in [9.17, 15) is 19.8 Å². The second kappa shape index (κ2) is 9.57. The molecule has 1 aliphatic heterocycles. The smallest absolute Gasteiger partial charge is 0.295 e. The summed E-state index contributed by atoms with van der Waals surface area (Å²) in [7, 11) is 0. The van der Waals surface area contributed by atoms with E-state index in [-0.39, 0.29) is 33.6 Å². The van der Waals surface area contributed by atoms with Crippen LogP contribution in [0.1, 0.15) is 76.1 Å². The zero-order chi connectivity index (χ0) is 25.5. The molecule has 7 heteroatoms. The summed E-state index contributed by atoms with van der Waals surface area (Å²) in [6.45, 7) is 8.56. The third-order valence-corrected chi connectivity index (χ3v) is 7.15. The van der Waals surface area contributed by atoms with Gasteiger partial charge in [0.2, 0.25) is 0 Å². The standard InChI is InChI=1S/C28H32ClNO5/c1-5-35-22-13-11-17(14-19(22)28(2,3)4)25(32)23-24(16-10-12-21(31)20(29)15-16)30(27(34)26(23)33)18-8-6-7-9-18/h10-15,18,24,31-32H,5-9H2,1-4H3/b25-23-. The monoisotopic (exact) mass is 497 g/mol. The van der Waals surface area contributed by atoms with Crippen molar-refractivity contribution in [2.45, 2.75) is 70.9 Å². The topological polar surface area (TPSA) is 87.1 Å². The Labute approximate surface area is 211 Å². The van der Waals surface area contributed by atoms with Crippen LogP contribution in [0.25, 0.3) is 5.76 Å². The van der Waals surface area contributed by atoms with Gasteiger partial charge in [-0.05, 0) is 61.1 Å². The number of likely N-dealkylation sites (tertiary alicyclic amines) is 1. The van der Waals surface area contributed by atoms with Crippen molar-refractivity contribution < 1.29 is 24.5 Å². The molecule has 1 atom stereocenters. The van der Waals surface area contributed by atoms with Gasteiger partial charge in [0.25, 0.3) is 11.7 Å². The van der Waals surface area contributed by atoms with Gasteiger partial charge >= 0.3 is 0 Å². The first kappa shape index (κ1) is 25.1. The number of phenols is 1. The van der Waals surface area contributed by atoms with Gasteiger partial charge in [-0.2, -0.15) is 0 Å². The quantitative estimate of drug-likeness (QED) is 0.296. The normalized spacial score (nSPS) is 20.6. The van der Waals surface area contributed by atoms with Crippen molar-refractivity contribution in [2.75, 3.05) is 6.61 Å². The summed E-state index contributed by atoms with van der Waals surface area (Å²) in [6.07, 6.45) is 3.55. The number of aliphatic hydroxyl groups is 1. The lowest BCUT2D eigenvalue weighted by Crippen LogP contribution is -2.37. The van der Waals surface area contributed by atoms with Crippen LogP contribution in [0.2, 0.25) is 5.02 Å². The van der Waals surface area contributed by atoms with Crippen molar-refractivity contribution in [3.8, 4) is 11.5 Å². The molecule has 2 aromatic carbocycles. The molecule has 0 bridgehead atoms. The predicted octanol–water partition coefficient (Wildman–Crippen LogP) is 6.11. The van der Waals surface area contributed by atoms with Crippen molar-refractivity contribution in [1.29, 1.82) is 0 Å². The van der Waals surface area contributed by atoms with Crippen LogP contribution in [0.4, 0.5) is 0 Å². The fourth-order valence-electron chi connectivity index (χ4n) is 5.13. The van der Waals surface area contributed by atoms with Gasteiger partial charge in [0, 0.05) is 17.2 Å². The molecule has 1 unspecified atom stereocenters. The third-order valence-electron chi connectivity index (χ3n) is 6.85. The fourth-order valence-corrected chi connectivity index (χ4v) is 5.32. The minimum Gasteiger partial charge on any atom is -0.507 e. The highest BCUT2D eigenvalue weighted by Crippen LogP contribution is 2.45. The molecule has 1 aliphatic carbocycles. The van der Waals surface area contributed by atoms with Crippen LogP contribution in [0.3, 0.4) is 0 Å². The zero-order valence-electron chi connectivity index (χ0n) is 20.6. The number of halogens is 1. The highest BCUT2D eigenvalue weighted by Gasteiger charge is 2.49. The molecule has 4 rings (SSSR count). The van der Waals surface area contributed by atoms with E-state index in [1.807, 2.05) is 33.8 Å². The number of rotatable bonds is 5. The van der Waals surface area contributed by atoms with Crippen LogP contribution in [0.15, 0.2) is 42.0 Å². The molecule has 2 aromatic rings. The minimum absolute atomic E-state index is 0.0349. The number of hydrogen-bond acceptors (Lipinski definition) is 5. The summed E-state index contributed by atoms with van der Waals surface area (Å²) >= 11 is 6.20. The molecule has 6 nitrogen and oxygen atoms in total. The second-order valence-corrected chi connectivity index (χ2v) is 10.7. The van der Waals surface area contributed by atoms with Gasteiger partial charge in [-0.1, -0.05) is 51.3 Å². The molecule has 0 aromatic heterocycles.